The summed E-state index contributed by atoms with van der Waals surface area (Å²) in [6.07, 6.45) is 0.804. The van der Waals surface area contributed by atoms with Crippen LogP contribution in [-0.2, 0) is 11.2 Å². The highest BCUT2D eigenvalue weighted by Gasteiger charge is 2.36. The van der Waals surface area contributed by atoms with E-state index in [1.54, 1.807) is 29.4 Å². The van der Waals surface area contributed by atoms with E-state index in [1.165, 1.54) is 16.2 Å². The molecule has 0 bridgehead atoms. The lowest BCUT2D eigenvalue weighted by atomic mass is 9.99. The van der Waals surface area contributed by atoms with Crippen LogP contribution in [0.15, 0.2) is 53.2 Å². The van der Waals surface area contributed by atoms with Crippen molar-refractivity contribution < 1.29 is 19.1 Å². The number of methoxy groups -OCH3 is 1. The Morgan fingerprint density at radius 1 is 1.06 bits per heavy atom. The number of benzene rings is 1. The van der Waals surface area contributed by atoms with E-state index < -0.39 is 5.54 Å². The molecule has 2 amide bonds. The summed E-state index contributed by atoms with van der Waals surface area (Å²) in [7, 11) is 1.61. The zero-order valence-electron chi connectivity index (χ0n) is 19.9. The van der Waals surface area contributed by atoms with Gasteiger partial charge < -0.3 is 19.3 Å². The lowest BCUT2D eigenvalue weighted by Gasteiger charge is -2.40. The fourth-order valence-electron chi connectivity index (χ4n) is 4.15. The first-order valence-corrected chi connectivity index (χ1v) is 13.0. The number of nitrogens with zero attached hydrogens (tertiary/aromatic N) is 2. The Balaban J connectivity index is 1.56. The average Bonchev–Trinajstić information content (AvgIpc) is 3.52. The van der Waals surface area contributed by atoms with Crippen LogP contribution in [0.2, 0.25) is 0 Å². The average molecular weight is 499 g/mol. The molecular formula is C26H30N2O4S2. The molecule has 3 heterocycles. The van der Waals surface area contributed by atoms with E-state index in [2.05, 4.69) is 11.4 Å². The van der Waals surface area contributed by atoms with Crippen molar-refractivity contribution in [2.45, 2.75) is 38.8 Å². The van der Waals surface area contributed by atoms with E-state index in [0.29, 0.717) is 29.5 Å². The second-order valence-electron chi connectivity index (χ2n) is 9.15. The summed E-state index contributed by atoms with van der Waals surface area (Å²) in [5.41, 5.74) is 0.620. The number of amides is 2. The van der Waals surface area contributed by atoms with E-state index in [-0.39, 0.29) is 24.4 Å². The second kappa shape index (κ2) is 10.2. The van der Waals surface area contributed by atoms with Crippen LogP contribution in [0, 0.1) is 0 Å². The summed E-state index contributed by atoms with van der Waals surface area (Å²) in [5, 5.41) is 3.94. The largest absolute Gasteiger partial charge is 0.493 e. The summed E-state index contributed by atoms with van der Waals surface area (Å²) in [6, 6.07) is 13.0. The quantitative estimate of drug-likeness (QED) is 0.446. The minimum absolute atomic E-state index is 0.0187. The molecule has 2 aromatic heterocycles. The number of carbonyl (C=O) groups excluding carboxylic acids is 2. The topological polar surface area (TPSA) is 59.1 Å². The van der Waals surface area contributed by atoms with Crippen LogP contribution >= 0.6 is 22.7 Å². The van der Waals surface area contributed by atoms with Gasteiger partial charge >= 0.3 is 0 Å². The number of thiophene rings is 2. The highest BCUT2D eigenvalue weighted by atomic mass is 32.1. The zero-order chi connectivity index (χ0) is 24.3. The minimum atomic E-state index is -0.497. The molecule has 0 saturated carbocycles. The zero-order valence-corrected chi connectivity index (χ0v) is 21.6. The van der Waals surface area contributed by atoms with Crippen LogP contribution in [0.3, 0.4) is 0 Å². The van der Waals surface area contributed by atoms with Crippen LogP contribution in [-0.4, -0.2) is 54.0 Å². The van der Waals surface area contributed by atoms with Gasteiger partial charge in [0.25, 0.3) is 5.91 Å². The molecule has 8 heteroatoms. The van der Waals surface area contributed by atoms with Crippen LogP contribution < -0.4 is 9.47 Å². The van der Waals surface area contributed by atoms with Crippen molar-refractivity contribution in [3.8, 4) is 11.5 Å². The predicted octanol–water partition coefficient (Wildman–Crippen LogP) is 5.26. The molecule has 1 aliphatic rings. The molecule has 1 aromatic carbocycles. The molecule has 1 unspecified atom stereocenters. The molecule has 0 aliphatic carbocycles. The van der Waals surface area contributed by atoms with Gasteiger partial charge in [0.2, 0.25) is 5.91 Å². The van der Waals surface area contributed by atoms with Crippen LogP contribution in [0.1, 0.15) is 46.9 Å². The Hall–Kier alpha value is -2.84. The maximum Gasteiger partial charge on any atom is 0.264 e. The van der Waals surface area contributed by atoms with Gasteiger partial charge in [0, 0.05) is 17.0 Å². The molecule has 0 spiro atoms. The lowest BCUT2D eigenvalue weighted by Crippen LogP contribution is -2.53. The van der Waals surface area contributed by atoms with E-state index in [4.69, 9.17) is 9.47 Å². The van der Waals surface area contributed by atoms with E-state index >= 15 is 0 Å². The van der Waals surface area contributed by atoms with Gasteiger partial charge in [0.1, 0.15) is 13.2 Å². The Kier molecular flexibility index (Phi) is 7.28. The van der Waals surface area contributed by atoms with Crippen molar-refractivity contribution >= 4 is 34.5 Å². The molecule has 0 fully saturated rings. The third kappa shape index (κ3) is 5.13. The SMILES string of the molecule is COc1ccccc1OCC1c2ccsc2CCN1C(=O)CN(C(=O)c1cccs1)C(C)(C)C. The highest BCUT2D eigenvalue weighted by Crippen LogP contribution is 2.35. The maximum atomic E-state index is 13.7. The second-order valence-corrected chi connectivity index (χ2v) is 11.1. The summed E-state index contributed by atoms with van der Waals surface area (Å²) < 4.78 is 11.6. The van der Waals surface area contributed by atoms with Gasteiger partial charge in [0.05, 0.1) is 18.0 Å². The monoisotopic (exact) mass is 498 g/mol. The maximum absolute atomic E-state index is 13.7. The van der Waals surface area contributed by atoms with Crippen molar-refractivity contribution in [3.63, 3.8) is 0 Å². The number of ether oxygens (including phenoxy) is 2. The highest BCUT2D eigenvalue weighted by molar-refractivity contribution is 7.12. The Morgan fingerprint density at radius 3 is 2.50 bits per heavy atom. The van der Waals surface area contributed by atoms with Gasteiger partial charge in [-0.3, -0.25) is 9.59 Å². The number of fused-ring (bicyclic) bond motifs is 1. The molecular weight excluding hydrogens is 468 g/mol. The third-order valence-electron chi connectivity index (χ3n) is 5.96. The number of carbonyl (C=O) groups is 2. The van der Waals surface area contributed by atoms with Gasteiger partial charge in [-0.05, 0) is 67.8 Å². The van der Waals surface area contributed by atoms with Gasteiger partial charge in [-0.2, -0.15) is 0 Å². The summed E-state index contributed by atoms with van der Waals surface area (Å²) in [4.78, 5) is 32.3. The first-order chi connectivity index (χ1) is 16.3. The summed E-state index contributed by atoms with van der Waals surface area (Å²) >= 11 is 3.11. The molecule has 4 rings (SSSR count). The summed E-state index contributed by atoms with van der Waals surface area (Å²) in [6.45, 7) is 6.80. The standard InChI is InChI=1S/C26H30N2O4S2/c1-26(2,3)28(25(30)23-10-7-14-33-23)16-24(29)27-13-11-22-18(12-15-34-22)19(27)17-32-21-9-6-5-8-20(21)31-4/h5-10,12,14-15,19H,11,13,16-17H2,1-4H3. The summed E-state index contributed by atoms with van der Waals surface area (Å²) in [5.74, 6) is 1.10. The molecule has 34 heavy (non-hydrogen) atoms. The number of hydrogen-bond donors (Lipinski definition) is 0. The molecule has 3 aromatic rings. The van der Waals surface area contributed by atoms with E-state index in [1.807, 2.05) is 61.4 Å². The Labute approximate surface area is 208 Å². The van der Waals surface area contributed by atoms with Crippen molar-refractivity contribution in [2.24, 2.45) is 0 Å². The van der Waals surface area contributed by atoms with E-state index in [9.17, 15) is 9.59 Å². The van der Waals surface area contributed by atoms with Crippen molar-refractivity contribution in [2.75, 3.05) is 26.8 Å². The first kappa shape index (κ1) is 24.3. The number of rotatable bonds is 7. The van der Waals surface area contributed by atoms with Crippen molar-refractivity contribution in [1.29, 1.82) is 0 Å². The predicted molar refractivity (Wildman–Crippen MR) is 136 cm³/mol. The molecule has 6 nitrogen and oxygen atoms in total. The molecule has 180 valence electrons. The van der Waals surface area contributed by atoms with Crippen LogP contribution in [0.25, 0.3) is 0 Å². The Morgan fingerprint density at radius 2 is 1.82 bits per heavy atom. The van der Waals surface area contributed by atoms with Crippen LogP contribution in [0.5, 0.6) is 11.5 Å². The normalized spacial score (nSPS) is 15.5. The van der Waals surface area contributed by atoms with E-state index in [0.717, 1.165) is 12.0 Å². The molecule has 1 aliphatic heterocycles. The van der Waals surface area contributed by atoms with Crippen LogP contribution in [0.4, 0.5) is 0 Å². The Bertz CT molecular complexity index is 1130. The van der Waals surface area contributed by atoms with Gasteiger partial charge in [-0.15, -0.1) is 22.7 Å². The fraction of sp³-hybridized carbons (Fsp3) is 0.385. The minimum Gasteiger partial charge on any atom is -0.493 e. The fourth-order valence-corrected chi connectivity index (χ4v) is 5.75. The third-order valence-corrected chi connectivity index (χ3v) is 7.82. The van der Waals surface area contributed by atoms with Gasteiger partial charge in [-0.1, -0.05) is 18.2 Å². The van der Waals surface area contributed by atoms with Gasteiger partial charge in [-0.25, -0.2) is 0 Å². The molecule has 0 N–H and O–H groups in total. The van der Waals surface area contributed by atoms with Crippen molar-refractivity contribution in [1.82, 2.24) is 9.80 Å². The molecule has 1 atom stereocenters. The van der Waals surface area contributed by atoms with Crippen molar-refractivity contribution in [3.05, 3.63) is 68.5 Å². The number of para-hydroxylation sites is 2. The number of hydrogen-bond acceptors (Lipinski definition) is 6. The lowest BCUT2D eigenvalue weighted by molar-refractivity contribution is -0.136. The molecule has 0 saturated heterocycles. The molecule has 0 radical (unpaired) electrons. The van der Waals surface area contributed by atoms with Gasteiger partial charge in [0.15, 0.2) is 11.5 Å². The smallest absolute Gasteiger partial charge is 0.264 e. The first-order valence-electron chi connectivity index (χ1n) is 11.3.